The first-order valence-corrected chi connectivity index (χ1v) is 13.4. The quantitative estimate of drug-likeness (QED) is 0.495. The number of ether oxygens (including phenoxy) is 2. The molecule has 1 N–H and O–H groups in total. The lowest BCUT2D eigenvalue weighted by Crippen LogP contribution is -2.43. The summed E-state index contributed by atoms with van der Waals surface area (Å²) in [5.74, 6) is 0.762. The molecular weight excluding hydrogens is 513 g/mol. The summed E-state index contributed by atoms with van der Waals surface area (Å²) in [6.45, 7) is 10.3. The number of amides is 1. The summed E-state index contributed by atoms with van der Waals surface area (Å²) >= 11 is 0. The third-order valence-corrected chi connectivity index (χ3v) is 7.36. The second-order valence-electron chi connectivity index (χ2n) is 11.2. The summed E-state index contributed by atoms with van der Waals surface area (Å²) in [5, 5.41) is 14.1. The monoisotopic (exact) mass is 550 g/mol. The first-order valence-electron chi connectivity index (χ1n) is 13.4. The molecule has 214 valence electrons. The zero-order chi connectivity index (χ0) is 28.2. The van der Waals surface area contributed by atoms with Gasteiger partial charge in [-0.2, -0.15) is 22.9 Å². The summed E-state index contributed by atoms with van der Waals surface area (Å²) in [4.78, 5) is 14.1. The SMILES string of the molecule is CC(NC(=O)COCCOc1ccc(C2CCN(C3=Nn4c(nnc4C(F)(F)F)CC3)CC2)cc1)C(C)(C)C. The summed E-state index contributed by atoms with van der Waals surface area (Å²) in [7, 11) is 0. The van der Waals surface area contributed by atoms with E-state index in [0.29, 0.717) is 37.8 Å². The second kappa shape index (κ2) is 11.9. The average molecular weight is 551 g/mol. The number of aromatic nitrogens is 3. The Morgan fingerprint density at radius 1 is 1.08 bits per heavy atom. The maximum atomic E-state index is 13.2. The number of alkyl halides is 3. The number of aryl methyl sites for hydroxylation is 1. The molecule has 1 amide bonds. The molecule has 12 heteroatoms. The summed E-state index contributed by atoms with van der Waals surface area (Å²) in [5.41, 5.74) is 1.19. The van der Waals surface area contributed by atoms with Crippen LogP contribution in [-0.2, 0) is 22.1 Å². The van der Waals surface area contributed by atoms with Crippen molar-refractivity contribution in [3.8, 4) is 5.75 Å². The van der Waals surface area contributed by atoms with Crippen molar-refractivity contribution < 1.29 is 27.4 Å². The van der Waals surface area contributed by atoms with Gasteiger partial charge in [-0.25, -0.2) is 0 Å². The van der Waals surface area contributed by atoms with Crippen molar-refractivity contribution in [2.24, 2.45) is 10.5 Å². The van der Waals surface area contributed by atoms with E-state index in [-0.39, 0.29) is 29.8 Å². The van der Waals surface area contributed by atoms with Crippen molar-refractivity contribution in [3.63, 3.8) is 0 Å². The van der Waals surface area contributed by atoms with Crippen molar-refractivity contribution in [1.29, 1.82) is 0 Å². The highest BCUT2D eigenvalue weighted by molar-refractivity contribution is 5.83. The Kier molecular flexibility index (Phi) is 8.83. The highest BCUT2D eigenvalue weighted by Gasteiger charge is 2.40. The van der Waals surface area contributed by atoms with Crippen LogP contribution in [0.15, 0.2) is 29.4 Å². The van der Waals surface area contributed by atoms with E-state index >= 15 is 0 Å². The molecule has 1 aromatic heterocycles. The Hall–Kier alpha value is -3.15. The van der Waals surface area contributed by atoms with Gasteiger partial charge in [0.1, 0.15) is 24.8 Å². The minimum absolute atomic E-state index is 0.00228. The fraction of sp³-hybridized carbons (Fsp3) is 0.630. The minimum atomic E-state index is -4.59. The van der Waals surface area contributed by atoms with Crippen LogP contribution in [0, 0.1) is 5.41 Å². The lowest BCUT2D eigenvalue weighted by molar-refractivity contribution is -0.147. The lowest BCUT2D eigenvalue weighted by Gasteiger charge is -2.35. The highest BCUT2D eigenvalue weighted by atomic mass is 19.4. The van der Waals surface area contributed by atoms with E-state index in [4.69, 9.17) is 9.47 Å². The van der Waals surface area contributed by atoms with Crippen LogP contribution in [0.5, 0.6) is 5.75 Å². The molecule has 1 unspecified atom stereocenters. The number of amidine groups is 1. The number of rotatable bonds is 8. The number of hydrogen-bond acceptors (Lipinski definition) is 7. The number of piperidine rings is 1. The Labute approximate surface area is 226 Å². The predicted octanol–water partition coefficient (Wildman–Crippen LogP) is 4.23. The zero-order valence-electron chi connectivity index (χ0n) is 22.9. The Morgan fingerprint density at radius 2 is 1.77 bits per heavy atom. The Morgan fingerprint density at radius 3 is 2.41 bits per heavy atom. The molecule has 3 heterocycles. The molecule has 0 aliphatic carbocycles. The van der Waals surface area contributed by atoms with Crippen LogP contribution in [0.25, 0.3) is 0 Å². The van der Waals surface area contributed by atoms with E-state index in [0.717, 1.165) is 36.4 Å². The van der Waals surface area contributed by atoms with Gasteiger partial charge in [-0.3, -0.25) is 4.79 Å². The number of halogens is 3. The van der Waals surface area contributed by atoms with Crippen molar-refractivity contribution >= 4 is 11.7 Å². The molecule has 0 bridgehead atoms. The summed E-state index contributed by atoms with van der Waals surface area (Å²) in [6, 6.07) is 8.00. The molecular formula is C27H37F3N6O3. The largest absolute Gasteiger partial charge is 0.491 e. The molecule has 1 fully saturated rings. The van der Waals surface area contributed by atoms with Crippen molar-refractivity contribution in [1.82, 2.24) is 25.1 Å². The van der Waals surface area contributed by atoms with Gasteiger partial charge >= 0.3 is 6.18 Å². The number of nitrogens with zero attached hydrogens (tertiary/aromatic N) is 5. The molecule has 9 nitrogen and oxygen atoms in total. The minimum Gasteiger partial charge on any atom is -0.491 e. The molecule has 0 spiro atoms. The van der Waals surface area contributed by atoms with Crippen LogP contribution >= 0.6 is 0 Å². The van der Waals surface area contributed by atoms with Gasteiger partial charge in [-0.15, -0.1) is 10.2 Å². The fourth-order valence-electron chi connectivity index (χ4n) is 4.55. The number of carbonyl (C=O) groups excluding carboxylic acids is 1. The third-order valence-electron chi connectivity index (χ3n) is 7.36. The lowest BCUT2D eigenvalue weighted by atomic mass is 9.88. The number of carbonyl (C=O) groups is 1. The molecule has 1 saturated heterocycles. The number of likely N-dealkylation sites (tertiary alicyclic amines) is 1. The predicted molar refractivity (Wildman–Crippen MR) is 140 cm³/mol. The van der Waals surface area contributed by atoms with Crippen LogP contribution in [0.2, 0.25) is 0 Å². The highest BCUT2D eigenvalue weighted by Crippen LogP contribution is 2.32. The molecule has 0 saturated carbocycles. The van der Waals surface area contributed by atoms with Gasteiger partial charge < -0.3 is 19.7 Å². The number of fused-ring (bicyclic) bond motifs is 1. The van der Waals surface area contributed by atoms with Crippen LogP contribution in [0.1, 0.15) is 70.1 Å². The fourth-order valence-corrected chi connectivity index (χ4v) is 4.55. The van der Waals surface area contributed by atoms with Crippen LogP contribution in [0.3, 0.4) is 0 Å². The number of hydrogen-bond donors (Lipinski definition) is 1. The number of nitrogens with one attached hydrogen (secondary N) is 1. The van der Waals surface area contributed by atoms with Gasteiger partial charge in [0.05, 0.1) is 6.61 Å². The van der Waals surface area contributed by atoms with Gasteiger partial charge in [0.15, 0.2) is 5.82 Å². The average Bonchev–Trinajstić information content (AvgIpc) is 3.32. The van der Waals surface area contributed by atoms with Gasteiger partial charge in [0.25, 0.3) is 5.82 Å². The topological polar surface area (TPSA) is 93.9 Å². The zero-order valence-corrected chi connectivity index (χ0v) is 22.9. The smallest absolute Gasteiger partial charge is 0.453 e. The third kappa shape index (κ3) is 7.49. The first-order chi connectivity index (χ1) is 18.4. The van der Waals surface area contributed by atoms with E-state index in [9.17, 15) is 18.0 Å². The Balaban J connectivity index is 1.19. The summed E-state index contributed by atoms with van der Waals surface area (Å²) in [6.07, 6.45) is -1.89. The van der Waals surface area contributed by atoms with E-state index in [1.54, 1.807) is 0 Å². The molecule has 2 aliphatic rings. The maximum absolute atomic E-state index is 13.2. The van der Waals surface area contributed by atoms with Gasteiger partial charge in [0, 0.05) is 32.0 Å². The van der Waals surface area contributed by atoms with E-state index in [1.165, 1.54) is 5.56 Å². The standard InChI is InChI=1S/C27H37F3N6O3/c1-18(26(2,3)4)31-24(37)17-38-15-16-39-21-7-5-19(6-8-21)20-11-13-35(14-12-20)23-10-9-22-32-33-25(27(28,29)30)36(22)34-23/h5-8,18,20H,9-17H2,1-4H3,(H,31,37). The molecule has 1 aromatic carbocycles. The van der Waals surface area contributed by atoms with Crippen LogP contribution in [-0.4, -0.2) is 70.5 Å². The molecule has 39 heavy (non-hydrogen) atoms. The van der Waals surface area contributed by atoms with E-state index < -0.39 is 12.0 Å². The molecule has 0 radical (unpaired) electrons. The molecule has 2 aromatic rings. The van der Waals surface area contributed by atoms with Gasteiger partial charge in [-0.1, -0.05) is 32.9 Å². The molecule has 2 aliphatic heterocycles. The normalized spacial score (nSPS) is 17.4. The molecule has 1 atom stereocenters. The van der Waals surface area contributed by atoms with Gasteiger partial charge in [-0.05, 0) is 48.8 Å². The maximum Gasteiger partial charge on any atom is 0.453 e. The van der Waals surface area contributed by atoms with Crippen LogP contribution < -0.4 is 10.1 Å². The first kappa shape index (κ1) is 28.8. The second-order valence-corrected chi connectivity index (χ2v) is 11.2. The van der Waals surface area contributed by atoms with Gasteiger partial charge in [0.2, 0.25) is 5.91 Å². The molecule has 4 rings (SSSR count). The van der Waals surface area contributed by atoms with E-state index in [1.807, 2.05) is 19.1 Å². The van der Waals surface area contributed by atoms with Crippen molar-refractivity contribution in [2.45, 2.75) is 71.5 Å². The van der Waals surface area contributed by atoms with Crippen LogP contribution in [0.4, 0.5) is 13.2 Å². The van der Waals surface area contributed by atoms with E-state index in [2.05, 4.69) is 58.4 Å². The Bertz CT molecular complexity index is 1150. The number of benzene rings is 1. The van der Waals surface area contributed by atoms with Crippen molar-refractivity contribution in [2.75, 3.05) is 32.9 Å². The van der Waals surface area contributed by atoms with Crippen molar-refractivity contribution in [3.05, 3.63) is 41.5 Å². The summed E-state index contributed by atoms with van der Waals surface area (Å²) < 4.78 is 51.7.